The number of hydrogen-bond acceptors (Lipinski definition) is 8. The Hall–Kier alpha value is -2.75. The van der Waals surface area contributed by atoms with Gasteiger partial charge in [-0.25, -0.2) is 4.98 Å². The minimum atomic E-state index is -0.0207. The van der Waals surface area contributed by atoms with Gasteiger partial charge in [-0.15, -0.1) is 0 Å². The minimum Gasteiger partial charge on any atom is -0.497 e. The fourth-order valence-electron chi connectivity index (χ4n) is 4.24. The van der Waals surface area contributed by atoms with Crippen LogP contribution in [0.15, 0.2) is 47.5 Å². The van der Waals surface area contributed by atoms with E-state index in [1.807, 2.05) is 42.7 Å². The van der Waals surface area contributed by atoms with E-state index in [0.717, 1.165) is 30.6 Å². The van der Waals surface area contributed by atoms with Crippen LogP contribution in [0.5, 0.6) is 11.5 Å². The average Bonchev–Trinajstić information content (AvgIpc) is 2.89. The van der Waals surface area contributed by atoms with Gasteiger partial charge in [0, 0.05) is 61.6 Å². The Kier molecular flexibility index (Phi) is 8.31. The van der Waals surface area contributed by atoms with E-state index in [9.17, 15) is 4.79 Å². The number of nitrogens with zero attached hydrogens (tertiary/aromatic N) is 3. The van der Waals surface area contributed by atoms with Crippen molar-refractivity contribution >= 4 is 34.3 Å². The number of ether oxygens (including phenoxy) is 3. The van der Waals surface area contributed by atoms with Crippen molar-refractivity contribution in [1.82, 2.24) is 9.55 Å². The predicted molar refractivity (Wildman–Crippen MR) is 136 cm³/mol. The van der Waals surface area contributed by atoms with E-state index in [1.54, 1.807) is 25.1 Å². The van der Waals surface area contributed by atoms with Crippen LogP contribution >= 0.6 is 12.0 Å². The first-order chi connectivity index (χ1) is 16.6. The molecule has 3 aromatic rings. The first-order valence-electron chi connectivity index (χ1n) is 11.4. The zero-order valence-electron chi connectivity index (χ0n) is 19.9. The Bertz CT molecular complexity index is 1140. The molecule has 0 aliphatic carbocycles. The van der Waals surface area contributed by atoms with Crippen LogP contribution in [-0.4, -0.2) is 56.4 Å². The van der Waals surface area contributed by atoms with E-state index in [1.165, 1.54) is 12.0 Å². The van der Waals surface area contributed by atoms with Gasteiger partial charge >= 0.3 is 0 Å². The second-order valence-electron chi connectivity index (χ2n) is 8.07. The fraction of sp³-hybridized carbons (Fsp3) is 0.440. The lowest BCUT2D eigenvalue weighted by Crippen LogP contribution is -2.29. The number of anilines is 2. The molecule has 2 heterocycles. The Morgan fingerprint density at radius 1 is 1.09 bits per heavy atom. The molecule has 182 valence electrons. The van der Waals surface area contributed by atoms with Crippen LogP contribution in [0.3, 0.4) is 0 Å². The molecule has 2 aromatic carbocycles. The van der Waals surface area contributed by atoms with Crippen LogP contribution in [0.25, 0.3) is 10.9 Å². The van der Waals surface area contributed by atoms with Gasteiger partial charge in [0.05, 0.1) is 38.1 Å². The van der Waals surface area contributed by atoms with Gasteiger partial charge in [-0.3, -0.25) is 9.36 Å². The molecule has 1 fully saturated rings. The number of aromatic nitrogens is 2. The zero-order chi connectivity index (χ0) is 23.9. The Balaban J connectivity index is 1.75. The second-order valence-corrected chi connectivity index (χ2v) is 8.64. The highest BCUT2D eigenvalue weighted by Gasteiger charge is 2.19. The van der Waals surface area contributed by atoms with Gasteiger partial charge in [0.2, 0.25) is 0 Å². The van der Waals surface area contributed by atoms with Gasteiger partial charge in [-0.1, -0.05) is 0 Å². The molecule has 0 amide bonds. The summed E-state index contributed by atoms with van der Waals surface area (Å²) in [5, 5.41) is 0.603. The molecule has 1 saturated heterocycles. The molecule has 0 saturated carbocycles. The molecule has 0 N–H and O–H groups in total. The first-order valence-corrected chi connectivity index (χ1v) is 12.5. The average molecular weight is 486 g/mol. The highest BCUT2D eigenvalue weighted by Crippen LogP contribution is 2.34. The Morgan fingerprint density at radius 2 is 1.82 bits per heavy atom. The molecule has 1 aromatic heterocycles. The highest BCUT2D eigenvalue weighted by atomic mass is 32.2. The lowest BCUT2D eigenvalue weighted by Gasteiger charge is -2.27. The maximum absolute atomic E-state index is 13.4. The van der Waals surface area contributed by atoms with Crippen molar-refractivity contribution in [2.45, 2.75) is 25.3 Å². The number of hydrogen-bond donors (Lipinski definition) is 0. The number of fused-ring (bicyclic) bond motifs is 1. The molecule has 4 rings (SSSR count). The second kappa shape index (κ2) is 11.6. The molecule has 34 heavy (non-hydrogen) atoms. The third kappa shape index (κ3) is 5.48. The van der Waals surface area contributed by atoms with Crippen molar-refractivity contribution < 1.29 is 18.4 Å². The van der Waals surface area contributed by atoms with Crippen LogP contribution in [0.1, 0.15) is 25.3 Å². The summed E-state index contributed by atoms with van der Waals surface area (Å²) in [6, 6.07) is 11.7. The molecule has 1 aliphatic rings. The van der Waals surface area contributed by atoms with Gasteiger partial charge in [0.25, 0.3) is 5.56 Å². The molecule has 0 unspecified atom stereocenters. The van der Waals surface area contributed by atoms with Gasteiger partial charge in [-0.05, 0) is 49.5 Å². The number of rotatable bonds is 10. The molecule has 9 heteroatoms. The molecular formula is C25H31N3O5S. The lowest BCUT2D eigenvalue weighted by molar-refractivity contribution is 0.0685. The summed E-state index contributed by atoms with van der Waals surface area (Å²) in [7, 11) is 3.27. The maximum atomic E-state index is 13.4. The minimum absolute atomic E-state index is 0.0207. The van der Waals surface area contributed by atoms with E-state index >= 15 is 0 Å². The van der Waals surface area contributed by atoms with Crippen LogP contribution in [0.2, 0.25) is 0 Å². The third-order valence-electron chi connectivity index (χ3n) is 6.04. The number of benzene rings is 2. The Labute approximate surface area is 204 Å². The zero-order valence-corrected chi connectivity index (χ0v) is 20.7. The van der Waals surface area contributed by atoms with Crippen LogP contribution in [0.4, 0.5) is 11.4 Å². The SMILES string of the molecule is COc1cc(OC)cc(N(CCCOSC)c2ccc3ncn(C4CCOCC4)c(=O)c3c2)c1. The fourth-order valence-corrected chi connectivity index (χ4v) is 4.52. The normalized spacial score (nSPS) is 14.3. The van der Waals surface area contributed by atoms with E-state index in [0.29, 0.717) is 48.8 Å². The standard InChI is InChI=1S/C25H31N3O5S/c1-30-21-13-20(14-22(16-21)31-2)27(9-4-10-33-34-3)19-5-6-24-23(15-19)25(29)28(17-26-24)18-7-11-32-12-8-18/h5-6,13-18H,4,7-12H2,1-3H3. The third-order valence-corrected chi connectivity index (χ3v) is 6.44. The van der Waals surface area contributed by atoms with Crippen molar-refractivity contribution in [2.24, 2.45) is 0 Å². The summed E-state index contributed by atoms with van der Waals surface area (Å²) >= 11 is 1.36. The van der Waals surface area contributed by atoms with Crippen molar-refractivity contribution in [3.05, 3.63) is 53.1 Å². The van der Waals surface area contributed by atoms with Gasteiger partial charge < -0.3 is 23.3 Å². The first kappa shape index (κ1) is 24.4. The van der Waals surface area contributed by atoms with Crippen molar-refractivity contribution in [3.8, 4) is 11.5 Å². The summed E-state index contributed by atoms with van der Waals surface area (Å²) in [6.45, 7) is 2.64. The van der Waals surface area contributed by atoms with Crippen LogP contribution < -0.4 is 19.9 Å². The quantitative estimate of drug-likeness (QED) is 0.305. The van der Waals surface area contributed by atoms with Gasteiger partial charge in [0.15, 0.2) is 0 Å². The van der Waals surface area contributed by atoms with Gasteiger partial charge in [-0.2, -0.15) is 0 Å². The van der Waals surface area contributed by atoms with Crippen molar-refractivity contribution in [3.63, 3.8) is 0 Å². The molecule has 0 bridgehead atoms. The Morgan fingerprint density at radius 3 is 2.50 bits per heavy atom. The van der Waals surface area contributed by atoms with E-state index in [-0.39, 0.29) is 11.6 Å². The largest absolute Gasteiger partial charge is 0.497 e. The molecule has 0 spiro atoms. The molecular weight excluding hydrogens is 454 g/mol. The molecule has 0 radical (unpaired) electrons. The molecule has 0 atom stereocenters. The van der Waals surface area contributed by atoms with Crippen molar-refractivity contribution in [1.29, 1.82) is 0 Å². The van der Waals surface area contributed by atoms with Crippen molar-refractivity contribution in [2.75, 3.05) is 51.7 Å². The van der Waals surface area contributed by atoms with Gasteiger partial charge in [0.1, 0.15) is 11.5 Å². The monoisotopic (exact) mass is 485 g/mol. The molecule has 8 nitrogen and oxygen atoms in total. The lowest BCUT2D eigenvalue weighted by atomic mass is 10.1. The smallest absolute Gasteiger partial charge is 0.261 e. The predicted octanol–water partition coefficient (Wildman–Crippen LogP) is 4.59. The summed E-state index contributed by atoms with van der Waals surface area (Å²) < 4.78 is 23.7. The van der Waals surface area contributed by atoms with E-state index < -0.39 is 0 Å². The molecule has 1 aliphatic heterocycles. The van der Waals surface area contributed by atoms with E-state index in [2.05, 4.69) is 9.88 Å². The van der Waals surface area contributed by atoms with Crippen LogP contribution in [0, 0.1) is 0 Å². The number of methoxy groups -OCH3 is 2. The highest BCUT2D eigenvalue weighted by molar-refractivity contribution is 7.93. The van der Waals surface area contributed by atoms with E-state index in [4.69, 9.17) is 18.4 Å². The maximum Gasteiger partial charge on any atom is 0.261 e. The summed E-state index contributed by atoms with van der Waals surface area (Å²) in [4.78, 5) is 20.2. The summed E-state index contributed by atoms with van der Waals surface area (Å²) in [5.41, 5.74) is 2.47. The topological polar surface area (TPSA) is 75.1 Å². The summed E-state index contributed by atoms with van der Waals surface area (Å²) in [6.07, 6.45) is 6.02. The van der Waals surface area contributed by atoms with Crippen LogP contribution in [-0.2, 0) is 8.92 Å². The summed E-state index contributed by atoms with van der Waals surface area (Å²) in [5.74, 6) is 1.40.